The molecule has 0 amide bonds. The molecule has 4 aromatic rings. The molecule has 3 aliphatic rings. The minimum Gasteiger partial charge on any atom is -0.493 e. The molecule has 0 atom stereocenters. The van der Waals surface area contributed by atoms with Crippen LogP contribution in [0.4, 0.5) is 5.69 Å². The van der Waals surface area contributed by atoms with Crippen LogP contribution in [0.15, 0.2) is 49.1 Å². The van der Waals surface area contributed by atoms with Gasteiger partial charge in [0.2, 0.25) is 0 Å². The molecule has 4 heterocycles. The van der Waals surface area contributed by atoms with Gasteiger partial charge in [-0.3, -0.25) is 0 Å². The fourth-order valence-corrected chi connectivity index (χ4v) is 5.38. The SMILES string of the molecule is Cc1cc2c(NCC34CC(COc5ccn6ccnc6c5)(C3)C4)ccnc2[nH]1. The molecule has 4 aromatic heterocycles. The van der Waals surface area contributed by atoms with Gasteiger partial charge in [-0.2, -0.15) is 0 Å². The van der Waals surface area contributed by atoms with Crippen LogP contribution in [0.3, 0.4) is 0 Å². The van der Waals surface area contributed by atoms with Gasteiger partial charge in [-0.05, 0) is 49.8 Å². The molecular formula is C22H23N5O. The Hall–Kier alpha value is -3.02. The molecule has 0 spiro atoms. The third-order valence-electron chi connectivity index (χ3n) is 6.48. The Morgan fingerprint density at radius 2 is 2.00 bits per heavy atom. The van der Waals surface area contributed by atoms with Gasteiger partial charge in [-0.15, -0.1) is 0 Å². The van der Waals surface area contributed by atoms with Crippen LogP contribution in [0.1, 0.15) is 25.0 Å². The van der Waals surface area contributed by atoms with E-state index in [1.807, 2.05) is 41.3 Å². The Morgan fingerprint density at radius 1 is 1.11 bits per heavy atom. The van der Waals surface area contributed by atoms with Crippen molar-refractivity contribution >= 4 is 22.4 Å². The number of imidazole rings is 1. The van der Waals surface area contributed by atoms with E-state index in [1.54, 1.807) is 0 Å². The van der Waals surface area contributed by atoms with Crippen LogP contribution in [-0.2, 0) is 0 Å². The number of aromatic nitrogens is 4. The van der Waals surface area contributed by atoms with Crippen LogP contribution < -0.4 is 10.1 Å². The van der Waals surface area contributed by atoms with Crippen molar-refractivity contribution < 1.29 is 4.74 Å². The highest BCUT2D eigenvalue weighted by Crippen LogP contribution is 2.73. The van der Waals surface area contributed by atoms with Crippen molar-refractivity contribution in [1.82, 2.24) is 19.4 Å². The lowest BCUT2D eigenvalue weighted by atomic mass is 9.35. The average Bonchev–Trinajstić information content (AvgIpc) is 3.24. The summed E-state index contributed by atoms with van der Waals surface area (Å²) in [5.41, 5.74) is 5.03. The maximum absolute atomic E-state index is 6.11. The minimum atomic E-state index is 0.376. The van der Waals surface area contributed by atoms with Crippen molar-refractivity contribution in [3.8, 4) is 5.75 Å². The standard InChI is InChI=1S/C22H23N5O/c1-15-8-17-18(2-4-24-20(17)26-15)25-13-21-10-22(11-21,12-21)14-28-16-3-6-27-7-5-23-19(27)9-16/h2-9H,10-14H2,1H3,(H2,24,25,26). The zero-order valence-corrected chi connectivity index (χ0v) is 15.9. The van der Waals surface area contributed by atoms with E-state index in [-0.39, 0.29) is 0 Å². The Balaban J connectivity index is 1.06. The number of hydrogen-bond acceptors (Lipinski definition) is 4. The maximum Gasteiger partial charge on any atom is 0.140 e. The van der Waals surface area contributed by atoms with Gasteiger partial charge in [-0.1, -0.05) is 0 Å². The predicted molar refractivity (Wildman–Crippen MR) is 109 cm³/mol. The molecule has 3 aliphatic carbocycles. The Morgan fingerprint density at radius 3 is 2.89 bits per heavy atom. The van der Waals surface area contributed by atoms with Gasteiger partial charge < -0.3 is 19.4 Å². The van der Waals surface area contributed by atoms with E-state index in [0.29, 0.717) is 10.8 Å². The van der Waals surface area contributed by atoms with Crippen LogP contribution in [0.5, 0.6) is 5.75 Å². The highest BCUT2D eigenvalue weighted by Gasteiger charge is 2.67. The summed E-state index contributed by atoms with van der Waals surface area (Å²) in [5.74, 6) is 0.914. The van der Waals surface area contributed by atoms with Gasteiger partial charge in [0.05, 0.1) is 6.61 Å². The smallest absolute Gasteiger partial charge is 0.140 e. The number of fused-ring (bicyclic) bond motifs is 2. The van der Waals surface area contributed by atoms with E-state index in [4.69, 9.17) is 4.74 Å². The summed E-state index contributed by atoms with van der Waals surface area (Å²) in [6.07, 6.45) is 11.4. The Bertz CT molecular complexity index is 1170. The van der Waals surface area contributed by atoms with Crippen molar-refractivity contribution in [3.05, 3.63) is 54.7 Å². The quantitative estimate of drug-likeness (QED) is 0.532. The lowest BCUT2D eigenvalue weighted by Gasteiger charge is -2.70. The number of H-pyrrole nitrogens is 1. The normalized spacial score (nSPS) is 25.5. The van der Waals surface area contributed by atoms with Crippen LogP contribution in [0.2, 0.25) is 0 Å². The summed E-state index contributed by atoms with van der Waals surface area (Å²) < 4.78 is 8.11. The van der Waals surface area contributed by atoms with E-state index in [1.165, 1.54) is 30.3 Å². The third-order valence-corrected chi connectivity index (χ3v) is 6.48. The van der Waals surface area contributed by atoms with E-state index in [2.05, 4.69) is 39.3 Å². The minimum absolute atomic E-state index is 0.376. The van der Waals surface area contributed by atoms with Crippen LogP contribution in [0.25, 0.3) is 16.7 Å². The largest absolute Gasteiger partial charge is 0.493 e. The van der Waals surface area contributed by atoms with Crippen LogP contribution >= 0.6 is 0 Å². The number of nitrogens with zero attached hydrogens (tertiary/aromatic N) is 3. The lowest BCUT2D eigenvalue weighted by molar-refractivity contribution is -0.209. The Labute approximate surface area is 163 Å². The first-order valence-corrected chi connectivity index (χ1v) is 9.86. The number of rotatable bonds is 6. The number of hydrogen-bond donors (Lipinski definition) is 2. The summed E-state index contributed by atoms with van der Waals surface area (Å²) in [6, 6.07) is 8.27. The molecule has 2 N–H and O–H groups in total. The number of anilines is 1. The van der Waals surface area contributed by atoms with Gasteiger partial charge in [-0.25, -0.2) is 9.97 Å². The number of pyridine rings is 2. The number of aromatic amines is 1. The molecular weight excluding hydrogens is 350 g/mol. The molecule has 3 saturated carbocycles. The van der Waals surface area contributed by atoms with Gasteiger partial charge >= 0.3 is 0 Å². The molecule has 0 unspecified atom stereocenters. The summed E-state index contributed by atoms with van der Waals surface area (Å²) >= 11 is 0. The van der Waals surface area contributed by atoms with Gasteiger partial charge in [0.1, 0.15) is 17.0 Å². The first-order valence-electron chi connectivity index (χ1n) is 9.86. The summed E-state index contributed by atoms with van der Waals surface area (Å²) in [5, 5.41) is 4.86. The lowest BCUT2D eigenvalue weighted by Crippen LogP contribution is -2.66. The Kier molecular flexibility index (Phi) is 3.14. The van der Waals surface area contributed by atoms with Crippen molar-refractivity contribution in [2.75, 3.05) is 18.5 Å². The first kappa shape index (κ1) is 16.0. The zero-order valence-electron chi connectivity index (χ0n) is 15.9. The second-order valence-electron chi connectivity index (χ2n) is 8.80. The van der Waals surface area contributed by atoms with Gasteiger partial charge in [0.25, 0.3) is 0 Å². The second-order valence-corrected chi connectivity index (χ2v) is 8.80. The predicted octanol–water partition coefficient (Wildman–Crippen LogP) is 4.18. The van der Waals surface area contributed by atoms with Crippen molar-refractivity contribution in [1.29, 1.82) is 0 Å². The molecule has 28 heavy (non-hydrogen) atoms. The maximum atomic E-state index is 6.11. The van der Waals surface area contributed by atoms with Crippen molar-refractivity contribution in [2.45, 2.75) is 26.2 Å². The van der Waals surface area contributed by atoms with Crippen LogP contribution in [0, 0.1) is 17.8 Å². The molecule has 6 heteroatoms. The highest BCUT2D eigenvalue weighted by molar-refractivity contribution is 5.89. The molecule has 0 saturated heterocycles. The van der Waals surface area contributed by atoms with Gasteiger partial charge in [0.15, 0.2) is 0 Å². The summed E-state index contributed by atoms with van der Waals surface area (Å²) in [6.45, 7) is 3.90. The van der Waals surface area contributed by atoms with Crippen LogP contribution in [-0.4, -0.2) is 32.5 Å². The van der Waals surface area contributed by atoms with E-state index < -0.39 is 0 Å². The van der Waals surface area contributed by atoms with E-state index in [0.717, 1.165) is 35.9 Å². The van der Waals surface area contributed by atoms with Crippen molar-refractivity contribution in [3.63, 3.8) is 0 Å². The summed E-state index contributed by atoms with van der Waals surface area (Å²) in [4.78, 5) is 12.0. The average molecular weight is 373 g/mol. The second kappa shape index (κ2) is 5.50. The molecule has 0 aromatic carbocycles. The zero-order chi connectivity index (χ0) is 18.8. The molecule has 7 rings (SSSR count). The van der Waals surface area contributed by atoms with E-state index >= 15 is 0 Å². The fraction of sp³-hybridized carbons (Fsp3) is 0.364. The monoisotopic (exact) mass is 373 g/mol. The molecule has 6 nitrogen and oxygen atoms in total. The third kappa shape index (κ3) is 2.40. The first-order chi connectivity index (χ1) is 13.6. The van der Waals surface area contributed by atoms with E-state index in [9.17, 15) is 0 Å². The molecule has 142 valence electrons. The molecule has 0 radical (unpaired) electrons. The topological polar surface area (TPSA) is 67.2 Å². The number of aryl methyl sites for hydroxylation is 1. The molecule has 0 aliphatic heterocycles. The fourth-order valence-electron chi connectivity index (χ4n) is 5.38. The molecule has 2 bridgehead atoms. The highest BCUT2D eigenvalue weighted by atomic mass is 16.5. The summed E-state index contributed by atoms with van der Waals surface area (Å²) in [7, 11) is 0. The number of ether oxygens (including phenoxy) is 1. The number of nitrogens with one attached hydrogen (secondary N) is 2. The van der Waals surface area contributed by atoms with Crippen molar-refractivity contribution in [2.24, 2.45) is 10.8 Å². The molecule has 3 fully saturated rings. The van der Waals surface area contributed by atoms with Gasteiger partial charge in [0, 0.05) is 59.6 Å².